The van der Waals surface area contributed by atoms with Crippen molar-refractivity contribution in [1.29, 1.82) is 0 Å². The molecule has 0 saturated heterocycles. The molecule has 6 aromatic carbocycles. The van der Waals surface area contributed by atoms with Crippen LogP contribution in [0.3, 0.4) is 0 Å². The molecule has 0 fully saturated rings. The van der Waals surface area contributed by atoms with Gasteiger partial charge in [0.2, 0.25) is 11.5 Å². The smallest absolute Gasteiger partial charge is 0.311 e. The molecule has 14 nitrogen and oxygen atoms in total. The molecule has 4 N–H and O–H groups in total. The molecule has 6 aromatic rings. The van der Waals surface area contributed by atoms with E-state index < -0.39 is 32.7 Å². The number of rotatable bonds is 11. The minimum Gasteiger partial charge on any atom is -0.507 e. The van der Waals surface area contributed by atoms with E-state index >= 15 is 0 Å². The third kappa shape index (κ3) is 9.71. The van der Waals surface area contributed by atoms with Gasteiger partial charge in [0, 0.05) is 59.2 Å². The summed E-state index contributed by atoms with van der Waals surface area (Å²) in [6.45, 7) is 11.9. The van der Waals surface area contributed by atoms with Gasteiger partial charge >= 0.3 is 11.4 Å². The lowest BCUT2D eigenvalue weighted by atomic mass is 9.85. The summed E-state index contributed by atoms with van der Waals surface area (Å²) in [6.07, 6.45) is 5.62. The van der Waals surface area contributed by atoms with Gasteiger partial charge in [0.1, 0.15) is 11.5 Å². The van der Waals surface area contributed by atoms with Crippen LogP contribution in [0.15, 0.2) is 129 Å². The highest BCUT2D eigenvalue weighted by atomic mass is 16.6. The van der Waals surface area contributed by atoms with Crippen LogP contribution in [0.25, 0.3) is 11.1 Å². The number of phenolic OH excluding ortho intramolecular Hbond substituents is 4. The Bertz CT molecular complexity index is 2640. The van der Waals surface area contributed by atoms with Crippen molar-refractivity contribution in [2.45, 2.75) is 52.4 Å². The number of hydrogen-bond acceptors (Lipinski definition) is 12. The molecule has 0 aliphatic carbocycles. The molecule has 0 atom stereocenters. The van der Waals surface area contributed by atoms with Crippen LogP contribution < -0.4 is 0 Å². The molecule has 0 spiro atoms. The molecular weight excluding hydrogens is 789 g/mol. The van der Waals surface area contributed by atoms with E-state index in [1.54, 1.807) is 48.5 Å². The van der Waals surface area contributed by atoms with Crippen molar-refractivity contribution in [2.75, 3.05) is 0 Å². The van der Waals surface area contributed by atoms with Crippen molar-refractivity contribution in [3.63, 3.8) is 0 Å². The average molecular weight is 833 g/mol. The van der Waals surface area contributed by atoms with Crippen LogP contribution in [0, 0.1) is 20.2 Å². The van der Waals surface area contributed by atoms with Crippen molar-refractivity contribution in [3.05, 3.63) is 163 Å². The van der Waals surface area contributed by atoms with Gasteiger partial charge in [-0.25, -0.2) is 0 Å². The molecular formula is C48H44N6O8. The first-order chi connectivity index (χ1) is 29.3. The van der Waals surface area contributed by atoms with Crippen LogP contribution in [-0.4, -0.2) is 55.1 Å². The molecule has 14 heteroatoms. The standard InChI is InChI=1S/C48H44N6O8/c1-47(2,3)35-15-7-11-31(43(35)55)25-49-37-21-19-29(23-39(37)51-27-33-13-9-17-41(45(33)57)53(59)60)30-20-22-38(50-26-32-12-8-16-36(44(32)56)48(4,5)6)40(24-30)52-28-34-14-10-18-42(46(34)58)54(61)62/h7-28,55-58H,1-6H3. The second kappa shape index (κ2) is 17.7. The van der Waals surface area contributed by atoms with Gasteiger partial charge in [-0.3, -0.25) is 40.2 Å². The number of aromatic hydroxyl groups is 4. The van der Waals surface area contributed by atoms with Crippen LogP contribution in [0.1, 0.15) is 74.9 Å². The number of hydrogen-bond donors (Lipinski definition) is 4. The highest BCUT2D eigenvalue weighted by Crippen LogP contribution is 2.40. The molecule has 0 aromatic heterocycles. The monoisotopic (exact) mass is 832 g/mol. The van der Waals surface area contributed by atoms with E-state index in [1.807, 2.05) is 65.8 Å². The van der Waals surface area contributed by atoms with Gasteiger partial charge in [0.25, 0.3) is 0 Å². The first-order valence-corrected chi connectivity index (χ1v) is 19.4. The summed E-state index contributed by atoms with van der Waals surface area (Å²) >= 11 is 0. The summed E-state index contributed by atoms with van der Waals surface area (Å²) < 4.78 is 0. The molecule has 0 aliphatic heterocycles. The maximum atomic E-state index is 11.5. The van der Waals surface area contributed by atoms with Crippen LogP contribution in [0.5, 0.6) is 23.0 Å². The zero-order valence-electron chi connectivity index (χ0n) is 34.8. The van der Waals surface area contributed by atoms with Gasteiger partial charge in [-0.05, 0) is 81.6 Å². The molecule has 0 saturated carbocycles. The Morgan fingerprint density at radius 3 is 1.06 bits per heavy atom. The normalized spacial score (nSPS) is 12.3. The Balaban J connectivity index is 1.48. The molecule has 0 aliphatic rings. The molecule has 6 rings (SSSR count). The lowest BCUT2D eigenvalue weighted by Gasteiger charge is -2.21. The summed E-state index contributed by atoms with van der Waals surface area (Å²) in [5.74, 6) is -0.951. The Kier molecular flexibility index (Phi) is 12.4. The molecule has 0 radical (unpaired) electrons. The number of nitro benzene ring substituents is 2. The van der Waals surface area contributed by atoms with Gasteiger partial charge < -0.3 is 20.4 Å². The molecule has 0 amide bonds. The van der Waals surface area contributed by atoms with E-state index in [4.69, 9.17) is 0 Å². The van der Waals surface area contributed by atoms with E-state index in [1.165, 1.54) is 61.3 Å². The highest BCUT2D eigenvalue weighted by Gasteiger charge is 2.21. The van der Waals surface area contributed by atoms with E-state index in [2.05, 4.69) is 20.0 Å². The minimum absolute atomic E-state index is 0.0818. The number of benzene rings is 6. The maximum Gasteiger partial charge on any atom is 0.311 e. The lowest BCUT2D eigenvalue weighted by molar-refractivity contribution is -0.386. The Labute approximate surface area is 357 Å². The van der Waals surface area contributed by atoms with Gasteiger partial charge in [-0.15, -0.1) is 0 Å². The van der Waals surface area contributed by atoms with E-state index in [0.717, 1.165) is 11.1 Å². The van der Waals surface area contributed by atoms with Crippen molar-refractivity contribution in [3.8, 4) is 34.1 Å². The van der Waals surface area contributed by atoms with Crippen molar-refractivity contribution >= 4 is 59.0 Å². The maximum absolute atomic E-state index is 11.5. The third-order valence-electron chi connectivity index (χ3n) is 9.89. The van der Waals surface area contributed by atoms with Crippen LogP contribution >= 0.6 is 0 Å². The molecule has 314 valence electrons. The predicted octanol–water partition coefficient (Wildman–Crippen LogP) is 11.6. The van der Waals surface area contributed by atoms with Crippen molar-refractivity contribution in [1.82, 2.24) is 0 Å². The molecule has 0 unspecified atom stereocenters. The Morgan fingerprint density at radius 1 is 0.435 bits per heavy atom. The quantitative estimate of drug-likeness (QED) is 0.0558. The fourth-order valence-corrected chi connectivity index (χ4v) is 6.53. The van der Waals surface area contributed by atoms with Crippen molar-refractivity contribution < 1.29 is 30.3 Å². The number of para-hydroxylation sites is 4. The fraction of sp³-hybridized carbons (Fsp3) is 0.167. The zero-order valence-corrected chi connectivity index (χ0v) is 34.8. The van der Waals surface area contributed by atoms with E-state index in [-0.39, 0.29) is 33.5 Å². The molecule has 0 heterocycles. The fourth-order valence-electron chi connectivity index (χ4n) is 6.53. The summed E-state index contributed by atoms with van der Waals surface area (Å²) in [4.78, 5) is 40.3. The summed E-state index contributed by atoms with van der Waals surface area (Å²) in [7, 11) is 0. The molecule has 62 heavy (non-hydrogen) atoms. The van der Waals surface area contributed by atoms with E-state index in [9.17, 15) is 40.7 Å². The average Bonchev–Trinajstić information content (AvgIpc) is 3.21. The lowest BCUT2D eigenvalue weighted by Crippen LogP contribution is -2.11. The number of nitrogens with zero attached hydrogens (tertiary/aromatic N) is 6. The second-order valence-corrected chi connectivity index (χ2v) is 16.4. The van der Waals surface area contributed by atoms with Crippen LogP contribution in [0.4, 0.5) is 34.1 Å². The molecule has 0 bridgehead atoms. The van der Waals surface area contributed by atoms with E-state index in [0.29, 0.717) is 45.0 Å². The zero-order chi connectivity index (χ0) is 44.9. The predicted molar refractivity (Wildman–Crippen MR) is 244 cm³/mol. The van der Waals surface area contributed by atoms with Crippen LogP contribution in [-0.2, 0) is 10.8 Å². The summed E-state index contributed by atoms with van der Waals surface area (Å²) in [5.41, 5.74) is 3.55. The largest absolute Gasteiger partial charge is 0.507 e. The number of nitro groups is 2. The summed E-state index contributed by atoms with van der Waals surface area (Å²) in [6, 6.07) is 29.4. The SMILES string of the molecule is CC(C)(C)c1cccc(C=Nc2ccc(-c3ccc(N=Cc4cccc(C(C)(C)C)c4O)c(N=Cc4cccc([N+](=O)[O-])c4O)c3)cc2N=Cc2cccc([N+](=O)[O-])c2O)c1O. The third-order valence-corrected chi connectivity index (χ3v) is 9.89. The summed E-state index contributed by atoms with van der Waals surface area (Å²) in [5, 5.41) is 66.6. The second-order valence-electron chi connectivity index (χ2n) is 16.4. The Hall–Kier alpha value is -8.00. The van der Waals surface area contributed by atoms with Gasteiger partial charge in [-0.1, -0.05) is 90.1 Å². The first kappa shape index (κ1) is 43.6. The number of aliphatic imine (C=N–C) groups is 4. The Morgan fingerprint density at radius 2 is 0.742 bits per heavy atom. The highest BCUT2D eigenvalue weighted by molar-refractivity contribution is 5.94. The first-order valence-electron chi connectivity index (χ1n) is 19.4. The number of phenols is 4. The van der Waals surface area contributed by atoms with Crippen molar-refractivity contribution in [2.24, 2.45) is 20.0 Å². The van der Waals surface area contributed by atoms with Gasteiger partial charge in [-0.2, -0.15) is 0 Å². The topological polar surface area (TPSA) is 217 Å². The van der Waals surface area contributed by atoms with Crippen LogP contribution in [0.2, 0.25) is 0 Å². The minimum atomic E-state index is -0.693. The van der Waals surface area contributed by atoms with Gasteiger partial charge in [0.15, 0.2) is 0 Å². The van der Waals surface area contributed by atoms with Gasteiger partial charge in [0.05, 0.1) is 32.6 Å².